The second-order valence-corrected chi connectivity index (χ2v) is 12.4. The number of nitrogens with one attached hydrogen (secondary N) is 4. The number of halogens is 1. The number of pyridine rings is 1. The van der Waals surface area contributed by atoms with Gasteiger partial charge in [-0.3, -0.25) is 15.0 Å². The van der Waals surface area contributed by atoms with Gasteiger partial charge in [-0.15, -0.1) is 0 Å². The zero-order valence-electron chi connectivity index (χ0n) is 25.6. The van der Waals surface area contributed by atoms with Gasteiger partial charge in [-0.2, -0.15) is 4.99 Å². The van der Waals surface area contributed by atoms with E-state index in [9.17, 15) is 22.4 Å². The molecule has 46 heavy (non-hydrogen) atoms. The Labute approximate surface area is 266 Å². The molecule has 0 saturated heterocycles. The number of hydrogen-bond acceptors (Lipinski definition) is 7. The van der Waals surface area contributed by atoms with Crippen LogP contribution in [-0.2, 0) is 25.8 Å². The number of carbonyl (C=O) groups excluding carboxylic acids is 2. The van der Waals surface area contributed by atoms with Gasteiger partial charge in [0, 0.05) is 30.6 Å². The first-order chi connectivity index (χ1) is 22.0. The number of aromatic nitrogens is 1. The third-order valence-electron chi connectivity index (χ3n) is 6.90. The zero-order chi connectivity index (χ0) is 33.3. The molecule has 3 aromatic carbocycles. The number of anilines is 2. The molecule has 0 bridgehead atoms. The van der Waals surface area contributed by atoms with E-state index in [-0.39, 0.29) is 46.9 Å². The topological polar surface area (TPSA) is 157 Å². The predicted octanol–water partition coefficient (Wildman–Crippen LogP) is 4.28. The van der Waals surface area contributed by atoms with E-state index < -0.39 is 15.7 Å². The number of nitrogens with zero attached hydrogens (tertiary/aromatic N) is 2. The average Bonchev–Trinajstić information content (AvgIpc) is 3.03. The molecule has 1 aromatic heterocycles. The Morgan fingerprint density at radius 2 is 1.70 bits per heavy atom. The van der Waals surface area contributed by atoms with Crippen molar-refractivity contribution in [2.75, 3.05) is 37.2 Å². The van der Waals surface area contributed by atoms with Crippen LogP contribution in [0.5, 0.6) is 5.75 Å². The van der Waals surface area contributed by atoms with E-state index >= 15 is 0 Å². The normalized spacial score (nSPS) is 11.6. The van der Waals surface area contributed by atoms with Crippen molar-refractivity contribution in [1.82, 2.24) is 10.3 Å². The summed E-state index contributed by atoms with van der Waals surface area (Å²) in [4.78, 5) is 34.2. The van der Waals surface area contributed by atoms with E-state index in [1.807, 2.05) is 12.1 Å². The summed E-state index contributed by atoms with van der Waals surface area (Å²) in [7, 11) is -0.404. The van der Waals surface area contributed by atoms with E-state index in [1.54, 1.807) is 49.6 Å². The first kappa shape index (κ1) is 33.7. The molecule has 0 atom stereocenters. The molecular formula is C33H35FN6O5S. The predicted molar refractivity (Wildman–Crippen MR) is 175 cm³/mol. The fourth-order valence-electron chi connectivity index (χ4n) is 4.54. The lowest BCUT2D eigenvalue weighted by Gasteiger charge is -2.23. The van der Waals surface area contributed by atoms with Crippen molar-refractivity contribution in [1.29, 1.82) is 5.41 Å². The van der Waals surface area contributed by atoms with Crippen LogP contribution in [-0.4, -0.2) is 58.1 Å². The zero-order valence-corrected chi connectivity index (χ0v) is 26.4. The first-order valence-electron chi connectivity index (χ1n) is 14.3. The Bertz CT molecular complexity index is 1870. The van der Waals surface area contributed by atoms with E-state index in [0.29, 0.717) is 29.7 Å². The monoisotopic (exact) mass is 646 g/mol. The molecule has 11 nitrogen and oxygen atoms in total. The van der Waals surface area contributed by atoms with Crippen molar-refractivity contribution in [3.8, 4) is 16.9 Å². The van der Waals surface area contributed by atoms with Gasteiger partial charge in [0.05, 0.1) is 24.1 Å². The summed E-state index contributed by atoms with van der Waals surface area (Å²) < 4.78 is 42.7. The van der Waals surface area contributed by atoms with Crippen molar-refractivity contribution < 1.29 is 27.1 Å². The standard InChI is InChI=1S/C33H35FN6O5S/c1-36-18-4-5-32(42)40(28-16-15-27(46(3,43)44)20-29(28)45-2)33(35)39-30-17-10-24(21-37-30)23-8-13-26(14-9-23)38-31(41)19-22-6-11-25(34)12-7-22/h6-17,20-21,36H,4-5,18-19H2,1-3H3,(H,38,41)(H2,35,37,39). The third kappa shape index (κ3) is 8.96. The highest BCUT2D eigenvalue weighted by Gasteiger charge is 2.25. The lowest BCUT2D eigenvalue weighted by molar-refractivity contribution is -0.118. The summed E-state index contributed by atoms with van der Waals surface area (Å²) in [6.07, 6.45) is 3.52. The molecule has 4 aromatic rings. The van der Waals surface area contributed by atoms with Crippen LogP contribution in [0.25, 0.3) is 11.1 Å². The maximum absolute atomic E-state index is 13.3. The molecule has 0 spiro atoms. The average molecular weight is 647 g/mol. The van der Waals surface area contributed by atoms with Gasteiger partial charge in [0.25, 0.3) is 0 Å². The summed E-state index contributed by atoms with van der Waals surface area (Å²) >= 11 is 0. The van der Waals surface area contributed by atoms with Crippen LogP contribution in [0.3, 0.4) is 0 Å². The maximum Gasteiger partial charge on any atom is 0.234 e. The highest BCUT2D eigenvalue weighted by molar-refractivity contribution is 7.90. The number of ether oxygens (including phenoxy) is 1. The number of amides is 2. The van der Waals surface area contributed by atoms with Crippen LogP contribution in [0.15, 0.2) is 94.9 Å². The number of methoxy groups -OCH3 is 1. The molecule has 13 heteroatoms. The molecule has 240 valence electrons. The van der Waals surface area contributed by atoms with E-state index in [1.165, 1.54) is 37.4 Å². The number of rotatable bonds is 11. The van der Waals surface area contributed by atoms with Crippen LogP contribution in [0.4, 0.5) is 15.8 Å². The summed E-state index contributed by atoms with van der Waals surface area (Å²) in [5.41, 5.74) is 3.48. The molecule has 1 heterocycles. The Hall–Kier alpha value is -5.14. The van der Waals surface area contributed by atoms with Crippen LogP contribution < -0.4 is 25.8 Å². The number of aromatic amines is 1. The fraction of sp³-hybridized carbons (Fsp3) is 0.212. The quantitative estimate of drug-likeness (QED) is 0.108. The molecule has 0 radical (unpaired) electrons. The molecule has 0 unspecified atom stereocenters. The van der Waals surface area contributed by atoms with Gasteiger partial charge in [0.15, 0.2) is 9.84 Å². The van der Waals surface area contributed by atoms with Gasteiger partial charge in [-0.05, 0) is 85.2 Å². The van der Waals surface area contributed by atoms with Crippen LogP contribution in [0.1, 0.15) is 18.4 Å². The lowest BCUT2D eigenvalue weighted by Crippen LogP contribution is -2.37. The summed E-state index contributed by atoms with van der Waals surface area (Å²) in [6, 6.07) is 20.6. The molecule has 2 amide bonds. The lowest BCUT2D eigenvalue weighted by atomic mass is 10.1. The van der Waals surface area contributed by atoms with Gasteiger partial charge < -0.3 is 20.4 Å². The minimum absolute atomic E-state index is 0.0171. The van der Waals surface area contributed by atoms with Crippen molar-refractivity contribution in [2.45, 2.75) is 24.2 Å². The third-order valence-corrected chi connectivity index (χ3v) is 8.01. The summed E-state index contributed by atoms with van der Waals surface area (Å²) in [6.45, 7) is 0.590. The van der Waals surface area contributed by atoms with Crippen LogP contribution >= 0.6 is 0 Å². The minimum Gasteiger partial charge on any atom is -0.495 e. The van der Waals surface area contributed by atoms with Crippen LogP contribution in [0, 0.1) is 11.2 Å². The molecule has 0 aliphatic rings. The number of H-pyrrole nitrogens is 1. The van der Waals surface area contributed by atoms with Crippen molar-refractivity contribution in [3.63, 3.8) is 0 Å². The Kier molecular flexibility index (Phi) is 11.2. The molecular weight excluding hydrogens is 611 g/mol. The molecule has 4 rings (SSSR count). The van der Waals surface area contributed by atoms with E-state index in [2.05, 4.69) is 20.6 Å². The van der Waals surface area contributed by atoms with Gasteiger partial charge in [0.2, 0.25) is 17.8 Å². The molecule has 0 fully saturated rings. The first-order valence-corrected chi connectivity index (χ1v) is 16.2. The van der Waals surface area contributed by atoms with E-state index in [4.69, 9.17) is 10.1 Å². The number of benzene rings is 3. The molecule has 0 aliphatic heterocycles. The minimum atomic E-state index is -3.54. The number of carbonyl (C=O) groups is 2. The highest BCUT2D eigenvalue weighted by Crippen LogP contribution is 2.32. The van der Waals surface area contributed by atoms with Crippen LogP contribution in [0.2, 0.25) is 0 Å². The Morgan fingerprint density at radius 3 is 2.30 bits per heavy atom. The second-order valence-electron chi connectivity index (χ2n) is 10.4. The summed E-state index contributed by atoms with van der Waals surface area (Å²) in [5, 5.41) is 14.5. The van der Waals surface area contributed by atoms with Crippen molar-refractivity contribution in [2.24, 2.45) is 4.99 Å². The fourth-order valence-corrected chi connectivity index (χ4v) is 5.17. The Balaban J connectivity index is 1.52. The van der Waals surface area contributed by atoms with Gasteiger partial charge in [0.1, 0.15) is 17.1 Å². The second kappa shape index (κ2) is 15.2. The largest absolute Gasteiger partial charge is 0.495 e. The van der Waals surface area contributed by atoms with Gasteiger partial charge in [-0.1, -0.05) is 24.3 Å². The van der Waals surface area contributed by atoms with E-state index in [0.717, 1.165) is 22.3 Å². The van der Waals surface area contributed by atoms with Gasteiger partial charge in [-0.25, -0.2) is 17.7 Å². The maximum atomic E-state index is 13.3. The SMILES string of the molecule is CNCCCC(=O)N(C(=N)/N=c1/ccc(-c2ccc(NC(=O)Cc3ccc(F)cc3)cc2)c[nH]1)c1ccc(S(C)(=O)=O)cc1OC. The number of sulfone groups is 1. The number of hydrogen-bond donors (Lipinski definition) is 4. The van der Waals surface area contributed by atoms with Crippen molar-refractivity contribution in [3.05, 3.63) is 102 Å². The number of guanidine groups is 1. The Morgan fingerprint density at radius 1 is 1.00 bits per heavy atom. The van der Waals surface area contributed by atoms with Crippen molar-refractivity contribution >= 4 is 39.0 Å². The molecule has 0 aliphatic carbocycles. The van der Waals surface area contributed by atoms with Gasteiger partial charge >= 0.3 is 0 Å². The summed E-state index contributed by atoms with van der Waals surface area (Å²) in [5.74, 6) is -1.26. The highest BCUT2D eigenvalue weighted by atomic mass is 32.2. The molecule has 0 saturated carbocycles. The molecule has 4 N–H and O–H groups in total. The smallest absolute Gasteiger partial charge is 0.234 e.